The van der Waals surface area contributed by atoms with Crippen molar-refractivity contribution in [1.82, 2.24) is 0 Å². The van der Waals surface area contributed by atoms with Crippen LogP contribution in [0.4, 0.5) is 0 Å². The maximum absolute atomic E-state index is 5.07. The first kappa shape index (κ1) is 6.81. The van der Waals surface area contributed by atoms with Crippen molar-refractivity contribution in [1.29, 1.82) is 0 Å². The Kier molecular flexibility index (Phi) is 2.05. The monoisotopic (exact) mass is 135 g/mol. The highest BCUT2D eigenvalue weighted by Gasteiger charge is 2.07. The van der Waals surface area contributed by atoms with Gasteiger partial charge in [0.15, 0.2) is 0 Å². The minimum Gasteiger partial charge on any atom is -0.463 e. The Morgan fingerprint density at radius 3 is 3.10 bits per heavy atom. The van der Waals surface area contributed by atoms with Crippen molar-refractivity contribution in [3.63, 3.8) is 0 Å². The van der Waals surface area contributed by atoms with Crippen LogP contribution in [0.15, 0.2) is 41.9 Å². The lowest BCUT2D eigenvalue weighted by atomic mass is 10.3. The van der Waals surface area contributed by atoms with Gasteiger partial charge in [0.05, 0.1) is 6.26 Å². The second-order valence-electron chi connectivity index (χ2n) is 1.77. The molecule has 0 aliphatic carbocycles. The standard InChI is InChI=1S/C8H9NO/c1-3-8-7(9-4-2)5-6-10-8/h3-6H,2H2,1H3/b8-3+,9-7?. The SMILES string of the molecule is C=CN=C1C=CO/C1=C/C. The van der Waals surface area contributed by atoms with Crippen LogP contribution in [0.2, 0.25) is 0 Å². The third kappa shape index (κ3) is 1.16. The topological polar surface area (TPSA) is 21.6 Å². The van der Waals surface area contributed by atoms with Crippen LogP contribution in [-0.2, 0) is 4.74 Å². The predicted octanol–water partition coefficient (Wildman–Crippen LogP) is 2.02. The summed E-state index contributed by atoms with van der Waals surface area (Å²) in [5.41, 5.74) is 0.831. The molecular weight excluding hydrogens is 126 g/mol. The molecule has 1 aliphatic heterocycles. The fourth-order valence-electron chi connectivity index (χ4n) is 0.735. The lowest BCUT2D eigenvalue weighted by molar-refractivity contribution is 0.388. The number of hydrogen-bond acceptors (Lipinski definition) is 2. The van der Waals surface area contributed by atoms with Crippen molar-refractivity contribution in [2.45, 2.75) is 6.92 Å². The molecule has 2 heteroatoms. The summed E-state index contributed by atoms with van der Waals surface area (Å²) in [6.45, 7) is 5.39. The van der Waals surface area contributed by atoms with Gasteiger partial charge in [-0.25, -0.2) is 0 Å². The van der Waals surface area contributed by atoms with Gasteiger partial charge in [-0.15, -0.1) is 0 Å². The molecule has 0 unspecified atom stereocenters. The molecule has 0 N–H and O–H groups in total. The van der Waals surface area contributed by atoms with Crippen molar-refractivity contribution in [3.8, 4) is 0 Å². The summed E-state index contributed by atoms with van der Waals surface area (Å²) in [5, 5.41) is 0. The third-order valence-electron chi connectivity index (χ3n) is 1.17. The second kappa shape index (κ2) is 3.01. The molecule has 0 aromatic heterocycles. The number of hydrogen-bond donors (Lipinski definition) is 0. The van der Waals surface area contributed by atoms with Crippen LogP contribution in [0, 0.1) is 0 Å². The first-order valence-corrected chi connectivity index (χ1v) is 3.07. The van der Waals surface area contributed by atoms with Crippen LogP contribution in [0.3, 0.4) is 0 Å². The molecule has 1 rings (SSSR count). The molecule has 0 fully saturated rings. The molecule has 52 valence electrons. The molecule has 0 aromatic carbocycles. The van der Waals surface area contributed by atoms with Crippen LogP contribution in [0.25, 0.3) is 0 Å². The second-order valence-corrected chi connectivity index (χ2v) is 1.77. The summed E-state index contributed by atoms with van der Waals surface area (Å²) >= 11 is 0. The van der Waals surface area contributed by atoms with E-state index in [1.54, 1.807) is 12.3 Å². The molecule has 2 nitrogen and oxygen atoms in total. The van der Waals surface area contributed by atoms with Gasteiger partial charge in [-0.1, -0.05) is 6.58 Å². The summed E-state index contributed by atoms with van der Waals surface area (Å²) in [6.07, 6.45) is 6.77. The third-order valence-corrected chi connectivity index (χ3v) is 1.17. The van der Waals surface area contributed by atoms with Gasteiger partial charge in [-0.3, -0.25) is 4.99 Å². The van der Waals surface area contributed by atoms with Gasteiger partial charge in [0.25, 0.3) is 0 Å². The lowest BCUT2D eigenvalue weighted by Crippen LogP contribution is -1.92. The summed E-state index contributed by atoms with van der Waals surface area (Å²) < 4.78 is 5.07. The van der Waals surface area contributed by atoms with E-state index >= 15 is 0 Å². The van der Waals surface area contributed by atoms with Crippen LogP contribution < -0.4 is 0 Å². The van der Waals surface area contributed by atoms with Crippen molar-refractivity contribution in [2.75, 3.05) is 0 Å². The molecule has 0 aromatic rings. The van der Waals surface area contributed by atoms with E-state index in [-0.39, 0.29) is 0 Å². The molecule has 0 amide bonds. The maximum atomic E-state index is 5.07. The number of aliphatic imine (C=N–C) groups is 1. The fourth-order valence-corrected chi connectivity index (χ4v) is 0.735. The van der Waals surface area contributed by atoms with Crippen LogP contribution in [-0.4, -0.2) is 5.71 Å². The summed E-state index contributed by atoms with van der Waals surface area (Å²) in [7, 11) is 0. The Morgan fingerprint density at radius 1 is 1.70 bits per heavy atom. The highest BCUT2D eigenvalue weighted by atomic mass is 16.5. The molecule has 1 heterocycles. The van der Waals surface area contributed by atoms with E-state index in [4.69, 9.17) is 4.74 Å². The number of rotatable bonds is 1. The Morgan fingerprint density at radius 2 is 2.50 bits per heavy atom. The Labute approximate surface area is 60.2 Å². The average molecular weight is 135 g/mol. The predicted molar refractivity (Wildman–Crippen MR) is 41.6 cm³/mol. The minimum atomic E-state index is 0.792. The van der Waals surface area contributed by atoms with Gasteiger partial charge in [0, 0.05) is 12.3 Å². The maximum Gasteiger partial charge on any atom is 0.147 e. The van der Waals surface area contributed by atoms with E-state index < -0.39 is 0 Å². The quantitative estimate of drug-likeness (QED) is 0.539. The van der Waals surface area contributed by atoms with E-state index in [0.717, 1.165) is 11.5 Å². The molecule has 0 bridgehead atoms. The number of ether oxygens (including phenoxy) is 1. The molecule has 1 aliphatic rings. The van der Waals surface area contributed by atoms with Crippen molar-refractivity contribution < 1.29 is 4.74 Å². The minimum absolute atomic E-state index is 0.792. The molecule has 0 atom stereocenters. The van der Waals surface area contributed by atoms with Gasteiger partial charge < -0.3 is 4.74 Å². The van der Waals surface area contributed by atoms with Gasteiger partial charge in [-0.2, -0.15) is 0 Å². The fraction of sp³-hybridized carbons (Fsp3) is 0.125. The Hall–Kier alpha value is -1.31. The van der Waals surface area contributed by atoms with E-state index in [1.165, 1.54) is 6.20 Å². The highest BCUT2D eigenvalue weighted by molar-refractivity contribution is 6.08. The molecule has 0 saturated carbocycles. The zero-order chi connectivity index (χ0) is 7.40. The molecule has 10 heavy (non-hydrogen) atoms. The smallest absolute Gasteiger partial charge is 0.147 e. The van der Waals surface area contributed by atoms with Gasteiger partial charge in [-0.05, 0) is 13.0 Å². The first-order valence-electron chi connectivity index (χ1n) is 3.07. The van der Waals surface area contributed by atoms with Crippen molar-refractivity contribution >= 4 is 5.71 Å². The first-order chi connectivity index (χ1) is 4.88. The van der Waals surface area contributed by atoms with E-state index in [9.17, 15) is 0 Å². The molecule has 0 radical (unpaired) electrons. The molecule has 0 spiro atoms. The number of nitrogens with zero attached hydrogens (tertiary/aromatic N) is 1. The summed E-state index contributed by atoms with van der Waals surface area (Å²) in [4.78, 5) is 3.98. The Bertz CT molecular complexity index is 223. The summed E-state index contributed by atoms with van der Waals surface area (Å²) in [5.74, 6) is 0.792. The van der Waals surface area contributed by atoms with Gasteiger partial charge in [0.2, 0.25) is 0 Å². The highest BCUT2D eigenvalue weighted by Crippen LogP contribution is 2.10. The van der Waals surface area contributed by atoms with Crippen LogP contribution >= 0.6 is 0 Å². The average Bonchev–Trinajstić information content (AvgIpc) is 2.36. The zero-order valence-electron chi connectivity index (χ0n) is 5.87. The lowest BCUT2D eigenvalue weighted by Gasteiger charge is -1.94. The van der Waals surface area contributed by atoms with E-state index in [2.05, 4.69) is 11.6 Å². The van der Waals surface area contributed by atoms with E-state index in [0.29, 0.717) is 0 Å². The van der Waals surface area contributed by atoms with Crippen molar-refractivity contribution in [3.05, 3.63) is 37.0 Å². The van der Waals surface area contributed by atoms with Crippen LogP contribution in [0.1, 0.15) is 6.92 Å². The normalized spacial score (nSPS) is 23.7. The Balaban J connectivity index is 2.86. The molecular formula is C8H9NO. The van der Waals surface area contributed by atoms with E-state index in [1.807, 2.05) is 13.0 Å². The van der Waals surface area contributed by atoms with Gasteiger partial charge in [0.1, 0.15) is 11.5 Å². The summed E-state index contributed by atoms with van der Waals surface area (Å²) in [6, 6.07) is 0. The number of allylic oxidation sites excluding steroid dienone is 2. The van der Waals surface area contributed by atoms with Gasteiger partial charge >= 0.3 is 0 Å². The molecule has 0 saturated heterocycles. The van der Waals surface area contributed by atoms with Crippen LogP contribution in [0.5, 0.6) is 0 Å². The van der Waals surface area contributed by atoms with Crippen molar-refractivity contribution in [2.24, 2.45) is 4.99 Å². The zero-order valence-corrected chi connectivity index (χ0v) is 5.87. The largest absolute Gasteiger partial charge is 0.463 e.